The second kappa shape index (κ2) is 11.2. The average molecular weight is 228 g/mol. The summed E-state index contributed by atoms with van der Waals surface area (Å²) in [5.74, 6) is 1.64. The normalized spacial score (nSPS) is 18.5. The summed E-state index contributed by atoms with van der Waals surface area (Å²) in [6, 6.07) is 0. The first-order chi connectivity index (χ1) is 7.54. The monoisotopic (exact) mass is 228 g/mol. The maximum absolute atomic E-state index is 9.75. The molecule has 0 aromatic heterocycles. The van der Waals surface area contributed by atoms with Gasteiger partial charge in [0.15, 0.2) is 0 Å². The number of hydrogen-bond donors (Lipinski definition) is 1. The minimum atomic E-state index is -0.141. The van der Waals surface area contributed by atoms with Gasteiger partial charge < -0.3 is 5.11 Å². The van der Waals surface area contributed by atoms with Gasteiger partial charge in [0.25, 0.3) is 0 Å². The first kappa shape index (κ1) is 18.1. The molecule has 0 aliphatic rings. The molecule has 4 atom stereocenters. The maximum atomic E-state index is 9.75. The van der Waals surface area contributed by atoms with Crippen molar-refractivity contribution in [2.45, 2.75) is 67.4 Å². The second-order valence-electron chi connectivity index (χ2n) is 4.48. The molecule has 1 heteroatoms. The largest absolute Gasteiger partial charge is 0.393 e. The lowest BCUT2D eigenvalue weighted by Gasteiger charge is -2.28. The van der Waals surface area contributed by atoms with Crippen LogP contribution in [0.25, 0.3) is 0 Å². The molecule has 0 aromatic rings. The van der Waals surface area contributed by atoms with Crippen molar-refractivity contribution in [1.29, 1.82) is 0 Å². The number of aliphatic hydroxyl groups excluding tert-OH is 1. The van der Waals surface area contributed by atoms with E-state index in [1.165, 1.54) is 0 Å². The van der Waals surface area contributed by atoms with Crippen molar-refractivity contribution in [2.75, 3.05) is 0 Å². The van der Waals surface area contributed by atoms with Crippen molar-refractivity contribution in [3.63, 3.8) is 0 Å². The summed E-state index contributed by atoms with van der Waals surface area (Å²) in [6.45, 7) is 14.8. The highest BCUT2D eigenvalue weighted by molar-refractivity contribution is 4.83. The van der Waals surface area contributed by atoms with E-state index in [-0.39, 0.29) is 6.10 Å². The molecule has 0 aromatic carbocycles. The minimum Gasteiger partial charge on any atom is -0.393 e. The van der Waals surface area contributed by atoms with E-state index in [4.69, 9.17) is 0 Å². The fraction of sp³-hybridized carbons (Fsp3) is 0.867. The van der Waals surface area contributed by atoms with Crippen LogP contribution in [-0.4, -0.2) is 11.2 Å². The van der Waals surface area contributed by atoms with Gasteiger partial charge >= 0.3 is 0 Å². The van der Waals surface area contributed by atoms with Gasteiger partial charge in [-0.3, -0.25) is 0 Å². The van der Waals surface area contributed by atoms with Crippen molar-refractivity contribution < 1.29 is 5.11 Å². The van der Waals surface area contributed by atoms with E-state index in [2.05, 4.69) is 39.8 Å². The lowest BCUT2D eigenvalue weighted by atomic mass is 9.80. The molecular weight excluding hydrogens is 196 g/mol. The van der Waals surface area contributed by atoms with Gasteiger partial charge in [-0.25, -0.2) is 0 Å². The van der Waals surface area contributed by atoms with Crippen molar-refractivity contribution in [3.8, 4) is 0 Å². The Hall–Kier alpha value is -0.300. The molecule has 98 valence electrons. The van der Waals surface area contributed by atoms with E-state index in [0.29, 0.717) is 17.8 Å². The molecule has 0 radical (unpaired) electrons. The average Bonchev–Trinajstić information content (AvgIpc) is 2.35. The number of rotatable bonds is 6. The summed E-state index contributed by atoms with van der Waals surface area (Å²) in [7, 11) is 0. The topological polar surface area (TPSA) is 20.2 Å². The van der Waals surface area contributed by atoms with Crippen LogP contribution in [0.4, 0.5) is 0 Å². The molecule has 0 heterocycles. The van der Waals surface area contributed by atoms with Crippen LogP contribution in [0.5, 0.6) is 0 Å². The summed E-state index contributed by atoms with van der Waals surface area (Å²) < 4.78 is 0. The fourth-order valence-corrected chi connectivity index (χ4v) is 1.81. The minimum absolute atomic E-state index is 0.141. The molecule has 0 rings (SSSR count). The summed E-state index contributed by atoms with van der Waals surface area (Å²) >= 11 is 0. The molecule has 0 saturated heterocycles. The molecule has 0 amide bonds. The van der Waals surface area contributed by atoms with Crippen LogP contribution in [0.2, 0.25) is 0 Å². The third-order valence-electron chi connectivity index (χ3n) is 3.50. The lowest BCUT2D eigenvalue weighted by molar-refractivity contribution is 0.0677. The van der Waals surface area contributed by atoms with Gasteiger partial charge in [0.1, 0.15) is 0 Å². The predicted octanol–water partition coefficient (Wildman–Crippen LogP) is 4.66. The Labute approximate surface area is 103 Å². The molecule has 0 unspecified atom stereocenters. The Morgan fingerprint density at radius 2 is 1.56 bits per heavy atom. The molecule has 0 aliphatic heterocycles. The number of allylic oxidation sites excluding steroid dienone is 2. The Morgan fingerprint density at radius 1 is 1.06 bits per heavy atom. The smallest absolute Gasteiger partial charge is 0.0565 e. The zero-order valence-corrected chi connectivity index (χ0v) is 12.3. The standard InChI is InChI=1S/C13H26O.C2H6/c1-6-8-9-10(3)11(4)12(5)13(14)7-2;1-2/h6,8,10-14H,7,9H2,1-5H3;1-2H3/b8-6+;/t10-,11+,12+,13+;/m0./s1. The van der Waals surface area contributed by atoms with Gasteiger partial charge in [0.2, 0.25) is 0 Å². The molecule has 0 bridgehead atoms. The van der Waals surface area contributed by atoms with Gasteiger partial charge in [0, 0.05) is 0 Å². The summed E-state index contributed by atoms with van der Waals surface area (Å²) in [5, 5.41) is 9.75. The van der Waals surface area contributed by atoms with Crippen LogP contribution in [-0.2, 0) is 0 Å². The van der Waals surface area contributed by atoms with Crippen LogP contribution < -0.4 is 0 Å². The molecule has 1 nitrogen and oxygen atoms in total. The molecule has 0 saturated carbocycles. The molecule has 0 aliphatic carbocycles. The van der Waals surface area contributed by atoms with E-state index >= 15 is 0 Å². The van der Waals surface area contributed by atoms with Gasteiger partial charge in [-0.1, -0.05) is 53.7 Å². The zero-order chi connectivity index (χ0) is 13.1. The van der Waals surface area contributed by atoms with Gasteiger partial charge in [0.05, 0.1) is 6.10 Å². The van der Waals surface area contributed by atoms with Crippen molar-refractivity contribution in [2.24, 2.45) is 17.8 Å². The third kappa shape index (κ3) is 7.05. The summed E-state index contributed by atoms with van der Waals surface area (Å²) in [5.41, 5.74) is 0. The van der Waals surface area contributed by atoms with Gasteiger partial charge in [-0.05, 0) is 37.5 Å². The third-order valence-corrected chi connectivity index (χ3v) is 3.50. The Bertz CT molecular complexity index is 163. The maximum Gasteiger partial charge on any atom is 0.0565 e. The first-order valence-corrected chi connectivity index (χ1v) is 6.83. The summed E-state index contributed by atoms with van der Waals surface area (Å²) in [6.07, 6.45) is 6.16. The van der Waals surface area contributed by atoms with E-state index in [1.54, 1.807) is 0 Å². The Morgan fingerprint density at radius 3 is 1.94 bits per heavy atom. The lowest BCUT2D eigenvalue weighted by Crippen LogP contribution is -2.27. The second-order valence-corrected chi connectivity index (χ2v) is 4.48. The highest BCUT2D eigenvalue weighted by atomic mass is 16.3. The molecule has 0 fully saturated rings. The van der Waals surface area contributed by atoms with Crippen molar-refractivity contribution in [3.05, 3.63) is 12.2 Å². The fourth-order valence-electron chi connectivity index (χ4n) is 1.81. The van der Waals surface area contributed by atoms with E-state index < -0.39 is 0 Å². The van der Waals surface area contributed by atoms with Crippen LogP contribution in [0, 0.1) is 17.8 Å². The first-order valence-electron chi connectivity index (χ1n) is 6.83. The molecule has 1 N–H and O–H groups in total. The predicted molar refractivity (Wildman–Crippen MR) is 74.6 cm³/mol. The Kier molecular flexibility index (Phi) is 12.6. The van der Waals surface area contributed by atoms with Crippen LogP contribution in [0.15, 0.2) is 12.2 Å². The van der Waals surface area contributed by atoms with Crippen molar-refractivity contribution in [1.82, 2.24) is 0 Å². The van der Waals surface area contributed by atoms with Crippen molar-refractivity contribution >= 4 is 0 Å². The van der Waals surface area contributed by atoms with Gasteiger partial charge in [-0.2, -0.15) is 0 Å². The number of hydrogen-bond acceptors (Lipinski definition) is 1. The van der Waals surface area contributed by atoms with E-state index in [1.807, 2.05) is 20.8 Å². The zero-order valence-electron chi connectivity index (χ0n) is 12.3. The van der Waals surface area contributed by atoms with Crippen LogP contribution in [0.1, 0.15) is 61.3 Å². The van der Waals surface area contributed by atoms with Crippen LogP contribution in [0.3, 0.4) is 0 Å². The molecule has 0 spiro atoms. The quantitative estimate of drug-likeness (QED) is 0.656. The highest BCUT2D eigenvalue weighted by Crippen LogP contribution is 2.26. The number of aliphatic hydroxyl groups is 1. The van der Waals surface area contributed by atoms with Crippen LogP contribution >= 0.6 is 0 Å². The van der Waals surface area contributed by atoms with E-state index in [0.717, 1.165) is 12.8 Å². The SMILES string of the molecule is C/C=C/C[C@H](C)[C@@H](C)[C@@H](C)[C@H](O)CC.CC. The molecular formula is C15H32O. The highest BCUT2D eigenvalue weighted by Gasteiger charge is 2.23. The summed E-state index contributed by atoms with van der Waals surface area (Å²) in [4.78, 5) is 0. The Balaban J connectivity index is 0. The van der Waals surface area contributed by atoms with Gasteiger partial charge in [-0.15, -0.1) is 0 Å². The van der Waals surface area contributed by atoms with E-state index in [9.17, 15) is 5.11 Å². The molecule has 16 heavy (non-hydrogen) atoms.